The van der Waals surface area contributed by atoms with Crippen molar-refractivity contribution in [1.29, 1.82) is 0 Å². The van der Waals surface area contributed by atoms with Crippen LogP contribution in [0.2, 0.25) is 0 Å². The van der Waals surface area contributed by atoms with Crippen molar-refractivity contribution in [2.75, 3.05) is 19.7 Å². The number of carbonyl (C=O) groups excluding carboxylic acids is 2. The van der Waals surface area contributed by atoms with Crippen LogP contribution in [0.25, 0.3) is 0 Å². The molecule has 0 atom stereocenters. The highest BCUT2D eigenvalue weighted by Gasteiger charge is 2.04. The maximum Gasteiger partial charge on any atom is 0.246 e. The van der Waals surface area contributed by atoms with Crippen LogP contribution in [0.3, 0.4) is 0 Å². The van der Waals surface area contributed by atoms with Crippen LogP contribution in [0.1, 0.15) is 27.2 Å². The summed E-state index contributed by atoms with van der Waals surface area (Å²) in [6.07, 6.45) is 0.348. The lowest BCUT2D eigenvalue weighted by Crippen LogP contribution is -2.33. The summed E-state index contributed by atoms with van der Waals surface area (Å²) in [4.78, 5) is 22.1. The normalized spacial score (nSPS) is 10.1. The van der Waals surface area contributed by atoms with Gasteiger partial charge >= 0.3 is 0 Å². The van der Waals surface area contributed by atoms with Gasteiger partial charge in [0, 0.05) is 19.5 Å². The molecule has 0 heterocycles. The lowest BCUT2D eigenvalue weighted by molar-refractivity contribution is -0.127. The van der Waals surface area contributed by atoms with Crippen LogP contribution in [-0.4, -0.2) is 37.6 Å². The molecule has 0 bridgehead atoms. The zero-order chi connectivity index (χ0) is 11.7. The van der Waals surface area contributed by atoms with Crippen molar-refractivity contribution in [3.8, 4) is 0 Å². The number of ether oxygens (including phenoxy) is 1. The third-order valence-corrected chi connectivity index (χ3v) is 1.60. The van der Waals surface area contributed by atoms with Crippen molar-refractivity contribution < 1.29 is 14.3 Å². The van der Waals surface area contributed by atoms with Crippen molar-refractivity contribution in [2.45, 2.75) is 33.3 Å². The average Bonchev–Trinajstić information content (AvgIpc) is 2.15. The Morgan fingerprint density at radius 1 is 1.20 bits per heavy atom. The van der Waals surface area contributed by atoms with E-state index >= 15 is 0 Å². The van der Waals surface area contributed by atoms with Crippen molar-refractivity contribution in [3.63, 3.8) is 0 Å². The molecule has 0 aliphatic rings. The molecule has 0 saturated carbocycles. The van der Waals surface area contributed by atoms with Gasteiger partial charge < -0.3 is 15.4 Å². The van der Waals surface area contributed by atoms with Crippen molar-refractivity contribution in [3.05, 3.63) is 0 Å². The van der Waals surface area contributed by atoms with Crippen LogP contribution < -0.4 is 10.6 Å². The van der Waals surface area contributed by atoms with E-state index in [-0.39, 0.29) is 24.5 Å². The minimum absolute atomic E-state index is 0.0409. The molecule has 2 amide bonds. The standard InChI is InChI=1S/C10H20N2O3/c1-4-11-9(13)5-6-12-10(14)7-15-8(2)3/h8H,4-7H2,1-3H3,(H,11,13)(H,12,14). The molecule has 0 aliphatic carbocycles. The largest absolute Gasteiger partial charge is 0.369 e. The molecule has 5 nitrogen and oxygen atoms in total. The molecular weight excluding hydrogens is 196 g/mol. The number of hydrogen-bond donors (Lipinski definition) is 2. The highest BCUT2D eigenvalue weighted by atomic mass is 16.5. The first kappa shape index (κ1) is 13.9. The van der Waals surface area contributed by atoms with E-state index in [4.69, 9.17) is 4.74 Å². The number of hydrogen-bond acceptors (Lipinski definition) is 3. The van der Waals surface area contributed by atoms with Crippen LogP contribution >= 0.6 is 0 Å². The van der Waals surface area contributed by atoms with Gasteiger partial charge in [-0.05, 0) is 20.8 Å². The first-order chi connectivity index (χ1) is 7.06. The number of nitrogens with one attached hydrogen (secondary N) is 2. The molecule has 0 fully saturated rings. The first-order valence-electron chi connectivity index (χ1n) is 5.21. The summed E-state index contributed by atoms with van der Waals surface area (Å²) >= 11 is 0. The summed E-state index contributed by atoms with van der Waals surface area (Å²) in [5.74, 6) is -0.240. The fourth-order valence-corrected chi connectivity index (χ4v) is 0.894. The highest BCUT2D eigenvalue weighted by Crippen LogP contribution is 1.86. The van der Waals surface area contributed by atoms with Gasteiger partial charge in [0.15, 0.2) is 0 Å². The molecule has 0 saturated heterocycles. The fraction of sp³-hybridized carbons (Fsp3) is 0.800. The highest BCUT2D eigenvalue weighted by molar-refractivity contribution is 5.79. The topological polar surface area (TPSA) is 67.4 Å². The van der Waals surface area contributed by atoms with Crippen LogP contribution in [-0.2, 0) is 14.3 Å². The van der Waals surface area contributed by atoms with E-state index in [0.717, 1.165) is 0 Å². The van der Waals surface area contributed by atoms with Crippen molar-refractivity contribution >= 4 is 11.8 Å². The Kier molecular flexibility index (Phi) is 7.62. The van der Waals surface area contributed by atoms with Crippen LogP contribution in [0.4, 0.5) is 0 Å². The Hall–Kier alpha value is -1.10. The Balaban J connectivity index is 3.42. The number of amides is 2. The summed E-state index contributed by atoms with van der Waals surface area (Å²) in [7, 11) is 0. The number of rotatable bonds is 7. The van der Waals surface area contributed by atoms with Gasteiger partial charge in [0.05, 0.1) is 6.10 Å². The van der Waals surface area contributed by atoms with E-state index in [1.54, 1.807) is 0 Å². The molecule has 0 spiro atoms. The molecule has 0 unspecified atom stereocenters. The molecular formula is C10H20N2O3. The van der Waals surface area contributed by atoms with Crippen molar-refractivity contribution in [2.24, 2.45) is 0 Å². The SMILES string of the molecule is CCNC(=O)CCNC(=O)COC(C)C. The van der Waals surface area contributed by atoms with Gasteiger partial charge in [0.1, 0.15) is 6.61 Å². The lowest BCUT2D eigenvalue weighted by Gasteiger charge is -2.08. The molecule has 0 aliphatic heterocycles. The van der Waals surface area contributed by atoms with E-state index < -0.39 is 0 Å². The monoisotopic (exact) mass is 216 g/mol. The van der Waals surface area contributed by atoms with E-state index in [1.165, 1.54) is 0 Å². The third-order valence-electron chi connectivity index (χ3n) is 1.60. The first-order valence-corrected chi connectivity index (χ1v) is 5.21. The van der Waals surface area contributed by atoms with E-state index in [0.29, 0.717) is 19.5 Å². The predicted molar refractivity (Wildman–Crippen MR) is 57.4 cm³/mol. The molecule has 15 heavy (non-hydrogen) atoms. The van der Waals surface area contributed by atoms with Crippen molar-refractivity contribution in [1.82, 2.24) is 10.6 Å². The molecule has 0 radical (unpaired) electrons. The molecule has 0 aromatic carbocycles. The van der Waals surface area contributed by atoms with Crippen LogP contribution in [0, 0.1) is 0 Å². The molecule has 0 aromatic heterocycles. The predicted octanol–water partition coefficient (Wildman–Crippen LogP) is 0.0538. The zero-order valence-corrected chi connectivity index (χ0v) is 9.63. The summed E-state index contributed by atoms with van der Waals surface area (Å²) in [6.45, 7) is 6.60. The minimum Gasteiger partial charge on any atom is -0.369 e. The molecule has 2 N–H and O–H groups in total. The van der Waals surface area contributed by atoms with E-state index in [1.807, 2.05) is 20.8 Å². The Labute approximate surface area is 90.6 Å². The molecule has 5 heteroatoms. The van der Waals surface area contributed by atoms with Gasteiger partial charge in [-0.2, -0.15) is 0 Å². The van der Waals surface area contributed by atoms with Gasteiger partial charge in [-0.1, -0.05) is 0 Å². The summed E-state index contributed by atoms with van der Waals surface area (Å²) in [5, 5.41) is 5.25. The Morgan fingerprint density at radius 3 is 2.40 bits per heavy atom. The van der Waals surface area contributed by atoms with Gasteiger partial charge in [-0.15, -0.1) is 0 Å². The van der Waals surface area contributed by atoms with Gasteiger partial charge in [0.25, 0.3) is 0 Å². The summed E-state index contributed by atoms with van der Waals surface area (Å²) in [6, 6.07) is 0. The Bertz CT molecular complexity index is 205. The second-order valence-corrected chi connectivity index (χ2v) is 3.41. The zero-order valence-electron chi connectivity index (χ0n) is 9.63. The van der Waals surface area contributed by atoms with Crippen LogP contribution in [0.5, 0.6) is 0 Å². The molecule has 0 aromatic rings. The van der Waals surface area contributed by atoms with Gasteiger partial charge in [-0.3, -0.25) is 9.59 Å². The van der Waals surface area contributed by atoms with E-state index in [2.05, 4.69) is 10.6 Å². The Morgan fingerprint density at radius 2 is 1.87 bits per heavy atom. The summed E-state index contributed by atoms with van der Waals surface area (Å²) in [5.41, 5.74) is 0. The average molecular weight is 216 g/mol. The van der Waals surface area contributed by atoms with Gasteiger partial charge in [0.2, 0.25) is 11.8 Å². The van der Waals surface area contributed by atoms with Crippen LogP contribution in [0.15, 0.2) is 0 Å². The molecule has 0 rings (SSSR count). The lowest BCUT2D eigenvalue weighted by atomic mass is 10.4. The summed E-state index contributed by atoms with van der Waals surface area (Å²) < 4.78 is 5.10. The quantitative estimate of drug-likeness (QED) is 0.632. The third kappa shape index (κ3) is 9.21. The second-order valence-electron chi connectivity index (χ2n) is 3.41. The smallest absolute Gasteiger partial charge is 0.246 e. The molecule has 88 valence electrons. The maximum absolute atomic E-state index is 11.1. The maximum atomic E-state index is 11.1. The van der Waals surface area contributed by atoms with Gasteiger partial charge in [-0.25, -0.2) is 0 Å². The van der Waals surface area contributed by atoms with E-state index in [9.17, 15) is 9.59 Å². The number of carbonyl (C=O) groups is 2. The second kappa shape index (κ2) is 8.23. The fourth-order valence-electron chi connectivity index (χ4n) is 0.894. The minimum atomic E-state index is -0.187.